The van der Waals surface area contributed by atoms with E-state index in [9.17, 15) is 4.79 Å². The van der Waals surface area contributed by atoms with Crippen molar-refractivity contribution < 1.29 is 4.74 Å². The maximum Gasteiger partial charge on any atom is 0.278 e. The zero-order chi connectivity index (χ0) is 26.2. The minimum atomic E-state index is -0.226. The van der Waals surface area contributed by atoms with Crippen LogP contribution >= 0.6 is 11.6 Å². The molecule has 38 heavy (non-hydrogen) atoms. The average Bonchev–Trinajstić information content (AvgIpc) is 3.75. The highest BCUT2D eigenvalue weighted by molar-refractivity contribution is 6.36. The molecule has 0 bridgehead atoms. The summed E-state index contributed by atoms with van der Waals surface area (Å²) in [7, 11) is 1.77. The molecule has 3 N–H and O–H groups in total. The first-order chi connectivity index (χ1) is 18.5. The van der Waals surface area contributed by atoms with E-state index in [2.05, 4.69) is 30.6 Å². The molecule has 1 fully saturated rings. The van der Waals surface area contributed by atoms with Gasteiger partial charge in [0.25, 0.3) is 5.56 Å². The van der Waals surface area contributed by atoms with Crippen molar-refractivity contribution in [1.29, 1.82) is 5.41 Å². The van der Waals surface area contributed by atoms with Crippen LogP contribution in [-0.4, -0.2) is 36.5 Å². The number of rotatable bonds is 7. The van der Waals surface area contributed by atoms with Gasteiger partial charge in [0, 0.05) is 31.8 Å². The quantitative estimate of drug-likeness (QED) is 0.242. The Balaban J connectivity index is 1.38. The molecule has 0 spiro atoms. The van der Waals surface area contributed by atoms with Crippen molar-refractivity contribution >= 4 is 46.8 Å². The van der Waals surface area contributed by atoms with Crippen LogP contribution < -0.4 is 20.9 Å². The highest BCUT2D eigenvalue weighted by Gasteiger charge is 2.26. The van der Waals surface area contributed by atoms with Crippen LogP contribution in [0, 0.1) is 5.41 Å². The van der Waals surface area contributed by atoms with E-state index in [-0.39, 0.29) is 22.1 Å². The van der Waals surface area contributed by atoms with Crippen LogP contribution in [0.5, 0.6) is 5.75 Å². The number of allylic oxidation sites excluding steroid dienone is 2. The Morgan fingerprint density at radius 2 is 2.21 bits per heavy atom. The minimum Gasteiger partial charge on any atom is -0.450 e. The van der Waals surface area contributed by atoms with Crippen molar-refractivity contribution in [2.45, 2.75) is 18.8 Å². The molecule has 0 amide bonds. The number of nitrogens with one attached hydrogen (secondary N) is 3. The van der Waals surface area contributed by atoms with E-state index in [1.165, 1.54) is 6.20 Å². The van der Waals surface area contributed by atoms with Gasteiger partial charge in [0.15, 0.2) is 17.2 Å². The summed E-state index contributed by atoms with van der Waals surface area (Å²) in [6, 6.07) is 5.52. The van der Waals surface area contributed by atoms with Gasteiger partial charge in [-0.15, -0.1) is 0 Å². The highest BCUT2D eigenvalue weighted by Crippen LogP contribution is 2.41. The van der Waals surface area contributed by atoms with Crippen molar-refractivity contribution in [3.63, 3.8) is 0 Å². The molecular weight excluding hydrogens is 506 g/mol. The monoisotopic (exact) mass is 527 g/mol. The molecule has 0 atom stereocenters. The van der Waals surface area contributed by atoms with Gasteiger partial charge in [-0.2, -0.15) is 4.98 Å². The molecule has 6 rings (SSSR count). The Morgan fingerprint density at radius 1 is 1.34 bits per heavy atom. The molecule has 5 heterocycles. The van der Waals surface area contributed by atoms with Crippen LogP contribution in [0.25, 0.3) is 16.9 Å². The molecule has 2 aliphatic rings. The Kier molecular flexibility index (Phi) is 5.97. The number of aliphatic imine (C=N–C) groups is 1. The summed E-state index contributed by atoms with van der Waals surface area (Å²) >= 11 is 6.72. The van der Waals surface area contributed by atoms with E-state index in [4.69, 9.17) is 21.7 Å². The largest absolute Gasteiger partial charge is 0.450 e. The maximum absolute atomic E-state index is 13.4. The third kappa shape index (κ3) is 4.33. The molecule has 0 unspecified atom stereocenters. The van der Waals surface area contributed by atoms with Crippen LogP contribution in [0.1, 0.15) is 24.3 Å². The van der Waals surface area contributed by atoms with E-state index >= 15 is 0 Å². The summed E-state index contributed by atoms with van der Waals surface area (Å²) < 4.78 is 9.21. The molecule has 11 nitrogen and oxygen atoms in total. The third-order valence-corrected chi connectivity index (χ3v) is 6.65. The highest BCUT2D eigenvalue weighted by atomic mass is 35.5. The number of ether oxygens (including phenoxy) is 1. The van der Waals surface area contributed by atoms with Gasteiger partial charge in [0.1, 0.15) is 21.9 Å². The van der Waals surface area contributed by atoms with Crippen molar-refractivity contribution in [3.05, 3.63) is 87.8 Å². The van der Waals surface area contributed by atoms with Crippen LogP contribution in [0.4, 0.5) is 11.6 Å². The van der Waals surface area contributed by atoms with Gasteiger partial charge in [-0.05, 0) is 42.5 Å². The van der Waals surface area contributed by atoms with Gasteiger partial charge >= 0.3 is 0 Å². The predicted molar refractivity (Wildman–Crippen MR) is 146 cm³/mol. The lowest BCUT2D eigenvalue weighted by Crippen LogP contribution is -2.22. The SMILES string of the molecule is Cn1c(Nc2cc(C3CC3)cn(-c3cccnc3)c2=O)nc2ncc(O/C(C=N)=C3\C=NC=CN3)c(Cl)c21. The normalized spacial score (nSPS) is 15.8. The Bertz CT molecular complexity index is 1720. The fraction of sp³-hybridized carbons (Fsp3) is 0.154. The first-order valence-corrected chi connectivity index (χ1v) is 12.2. The molecule has 4 aromatic rings. The van der Waals surface area contributed by atoms with Crippen molar-refractivity contribution in [3.8, 4) is 11.4 Å². The summed E-state index contributed by atoms with van der Waals surface area (Å²) in [6.07, 6.45) is 14.7. The smallest absolute Gasteiger partial charge is 0.278 e. The number of fused-ring (bicyclic) bond motifs is 1. The molecule has 1 saturated carbocycles. The first-order valence-electron chi connectivity index (χ1n) is 11.9. The first kappa shape index (κ1) is 23.6. The number of aromatic nitrogens is 5. The lowest BCUT2D eigenvalue weighted by atomic mass is 10.1. The summed E-state index contributed by atoms with van der Waals surface area (Å²) in [5.74, 6) is 1.28. The van der Waals surface area contributed by atoms with Crippen molar-refractivity contribution in [2.24, 2.45) is 12.0 Å². The van der Waals surface area contributed by atoms with Gasteiger partial charge in [-0.25, -0.2) is 4.98 Å². The fourth-order valence-electron chi connectivity index (χ4n) is 4.18. The van der Waals surface area contributed by atoms with Crippen molar-refractivity contribution in [1.82, 2.24) is 29.4 Å². The summed E-state index contributed by atoms with van der Waals surface area (Å²) in [5, 5.41) is 14.2. The number of pyridine rings is 3. The number of hydrogen-bond donors (Lipinski definition) is 3. The topological polar surface area (TPSA) is 135 Å². The molecule has 1 aliphatic heterocycles. The number of aryl methyl sites for hydroxylation is 1. The van der Waals surface area contributed by atoms with E-state index in [0.717, 1.165) is 24.6 Å². The fourth-order valence-corrected chi connectivity index (χ4v) is 4.48. The summed E-state index contributed by atoms with van der Waals surface area (Å²) in [6.45, 7) is 0. The second kappa shape index (κ2) is 9.60. The molecule has 1 aliphatic carbocycles. The molecule has 0 aromatic carbocycles. The number of halogens is 1. The molecule has 190 valence electrons. The molecule has 4 aromatic heterocycles. The number of anilines is 2. The van der Waals surface area contributed by atoms with Gasteiger partial charge in [0.05, 0.1) is 30.5 Å². The standard InChI is InChI=1S/C26H22ClN9O2/c1-35-23-22(27)21(38-20(10-28)19-12-30-7-8-31-19)13-32-24(23)34-26(35)33-18-9-16(15-4-5-15)14-36(25(18)37)17-3-2-6-29-11-17/h2-3,6-15,28,31H,4-5H2,1H3,(H,32,33,34)/b20-19+,28-10?. The van der Waals surface area contributed by atoms with E-state index in [0.29, 0.717) is 40.1 Å². The lowest BCUT2D eigenvalue weighted by Gasteiger charge is -2.13. The third-order valence-electron chi connectivity index (χ3n) is 6.28. The van der Waals surface area contributed by atoms with Crippen LogP contribution in [0.3, 0.4) is 0 Å². The minimum absolute atomic E-state index is 0.217. The van der Waals surface area contributed by atoms with Crippen LogP contribution in [0.15, 0.2) is 76.6 Å². The number of nitrogens with zero attached hydrogens (tertiary/aromatic N) is 6. The van der Waals surface area contributed by atoms with E-state index in [1.54, 1.807) is 53.3 Å². The molecule has 12 heteroatoms. The summed E-state index contributed by atoms with van der Waals surface area (Å²) in [5.41, 5.74) is 3.31. The van der Waals surface area contributed by atoms with Gasteiger partial charge in [-0.3, -0.25) is 19.3 Å². The van der Waals surface area contributed by atoms with Crippen LogP contribution in [0.2, 0.25) is 5.02 Å². The lowest BCUT2D eigenvalue weighted by molar-refractivity contribution is 0.449. The second-order valence-electron chi connectivity index (χ2n) is 8.84. The maximum atomic E-state index is 13.4. The molecule has 0 radical (unpaired) electrons. The Hall–Kier alpha value is -4.77. The zero-order valence-electron chi connectivity index (χ0n) is 20.2. The zero-order valence-corrected chi connectivity index (χ0v) is 21.0. The Labute approximate surface area is 221 Å². The predicted octanol–water partition coefficient (Wildman–Crippen LogP) is 4.17. The second-order valence-corrected chi connectivity index (χ2v) is 9.22. The Morgan fingerprint density at radius 3 is 2.92 bits per heavy atom. The van der Waals surface area contributed by atoms with Gasteiger partial charge in [-0.1, -0.05) is 11.6 Å². The van der Waals surface area contributed by atoms with E-state index in [1.807, 2.05) is 18.3 Å². The molecule has 0 saturated heterocycles. The van der Waals surface area contributed by atoms with E-state index < -0.39 is 0 Å². The van der Waals surface area contributed by atoms with Crippen molar-refractivity contribution in [2.75, 3.05) is 5.32 Å². The number of hydrogen-bond acceptors (Lipinski definition) is 9. The molecular formula is C26H22ClN9O2. The van der Waals surface area contributed by atoms with Gasteiger partial charge in [0.2, 0.25) is 5.95 Å². The number of imidazole rings is 1. The average molecular weight is 528 g/mol. The van der Waals surface area contributed by atoms with Gasteiger partial charge < -0.3 is 25.3 Å². The summed E-state index contributed by atoms with van der Waals surface area (Å²) in [4.78, 5) is 30.6. The van der Waals surface area contributed by atoms with Crippen LogP contribution in [-0.2, 0) is 7.05 Å².